The first kappa shape index (κ1) is 18.3. The van der Waals surface area contributed by atoms with Gasteiger partial charge in [-0.3, -0.25) is 4.79 Å². The Balaban J connectivity index is 1.20. The molecule has 1 saturated heterocycles. The zero-order valence-electron chi connectivity index (χ0n) is 15.6. The Labute approximate surface area is 175 Å². The van der Waals surface area contributed by atoms with Crippen LogP contribution in [0.4, 0.5) is 10.8 Å². The minimum absolute atomic E-state index is 0.0797. The van der Waals surface area contributed by atoms with Crippen molar-refractivity contribution in [3.8, 4) is 11.5 Å². The number of hydrogen-bond acceptors (Lipinski definition) is 8. The molecule has 0 aliphatic carbocycles. The van der Waals surface area contributed by atoms with E-state index in [-0.39, 0.29) is 12.3 Å². The average molecular weight is 426 g/mol. The van der Waals surface area contributed by atoms with Crippen LogP contribution in [0.2, 0.25) is 0 Å². The van der Waals surface area contributed by atoms with Crippen LogP contribution >= 0.6 is 22.7 Å². The summed E-state index contributed by atoms with van der Waals surface area (Å²) in [6.45, 7) is 2.15. The minimum Gasteiger partial charge on any atom is -0.421 e. The number of aromatic nitrogens is 3. The summed E-state index contributed by atoms with van der Waals surface area (Å²) in [5.74, 6) is 0.879. The molecular formula is C20H19N5O2S2. The lowest BCUT2D eigenvalue weighted by Gasteiger charge is -2.11. The lowest BCUT2D eigenvalue weighted by molar-refractivity contribution is -0.116. The van der Waals surface area contributed by atoms with Gasteiger partial charge in [-0.25, -0.2) is 4.98 Å². The zero-order valence-corrected chi connectivity index (χ0v) is 17.3. The number of amides is 1. The number of carbonyl (C=O) groups is 1. The highest BCUT2D eigenvalue weighted by Gasteiger charge is 2.17. The fourth-order valence-corrected chi connectivity index (χ4v) is 5.02. The number of hydrogen-bond donors (Lipinski definition) is 1. The fraction of sp³-hybridized carbons (Fsp3) is 0.300. The van der Waals surface area contributed by atoms with E-state index in [9.17, 15) is 4.79 Å². The number of nitrogens with zero attached hydrogens (tertiary/aromatic N) is 4. The van der Waals surface area contributed by atoms with Gasteiger partial charge in [0.05, 0.1) is 10.2 Å². The number of anilines is 2. The van der Waals surface area contributed by atoms with E-state index in [0.717, 1.165) is 39.7 Å². The maximum Gasteiger partial charge on any atom is 0.248 e. The summed E-state index contributed by atoms with van der Waals surface area (Å²) in [7, 11) is 0. The van der Waals surface area contributed by atoms with Crippen molar-refractivity contribution in [2.45, 2.75) is 25.7 Å². The molecule has 1 aromatic carbocycles. The maximum atomic E-state index is 12.4. The quantitative estimate of drug-likeness (QED) is 0.487. The normalized spacial score (nSPS) is 14.0. The van der Waals surface area contributed by atoms with Gasteiger partial charge in [0, 0.05) is 42.6 Å². The third-order valence-electron chi connectivity index (χ3n) is 4.84. The number of benzene rings is 1. The fourth-order valence-electron chi connectivity index (χ4n) is 3.34. The van der Waals surface area contributed by atoms with E-state index in [2.05, 4.69) is 20.4 Å². The average Bonchev–Trinajstić information content (AvgIpc) is 3.52. The second-order valence-corrected chi connectivity index (χ2v) is 8.72. The van der Waals surface area contributed by atoms with Crippen molar-refractivity contribution in [3.63, 3.8) is 0 Å². The summed E-state index contributed by atoms with van der Waals surface area (Å²) in [5.41, 5.74) is 2.66. The molecule has 1 amide bonds. The van der Waals surface area contributed by atoms with Crippen molar-refractivity contribution < 1.29 is 9.21 Å². The van der Waals surface area contributed by atoms with Gasteiger partial charge < -0.3 is 14.6 Å². The lowest BCUT2D eigenvalue weighted by Crippen LogP contribution is -2.16. The smallest absolute Gasteiger partial charge is 0.248 e. The Morgan fingerprint density at radius 2 is 2.10 bits per heavy atom. The number of thiophene rings is 1. The number of rotatable bonds is 6. The molecule has 1 aliphatic heterocycles. The third-order valence-corrected chi connectivity index (χ3v) is 6.60. The first-order valence-corrected chi connectivity index (χ1v) is 11.3. The molecule has 7 nitrogen and oxygen atoms in total. The van der Waals surface area contributed by atoms with Crippen LogP contribution in [-0.4, -0.2) is 34.2 Å². The Kier molecular flexibility index (Phi) is 4.99. The molecule has 0 unspecified atom stereocenters. The molecule has 9 heteroatoms. The Morgan fingerprint density at radius 3 is 2.93 bits per heavy atom. The van der Waals surface area contributed by atoms with Gasteiger partial charge in [-0.1, -0.05) is 11.3 Å². The van der Waals surface area contributed by atoms with Gasteiger partial charge in [-0.2, -0.15) is 11.3 Å². The maximum absolute atomic E-state index is 12.4. The van der Waals surface area contributed by atoms with Gasteiger partial charge in [0.15, 0.2) is 5.13 Å². The SMILES string of the molecule is O=C(CCc1nnc(-c2ccsc2)o1)Nc1ccc2nc(N3CCCC3)sc2c1. The van der Waals surface area contributed by atoms with Gasteiger partial charge >= 0.3 is 0 Å². The Bertz CT molecular complexity index is 1130. The van der Waals surface area contributed by atoms with Crippen molar-refractivity contribution in [3.05, 3.63) is 40.9 Å². The number of thiazole rings is 1. The molecule has 0 radical (unpaired) electrons. The first-order valence-electron chi connectivity index (χ1n) is 9.55. The summed E-state index contributed by atoms with van der Waals surface area (Å²) in [6, 6.07) is 7.78. The highest BCUT2D eigenvalue weighted by molar-refractivity contribution is 7.22. The Hall–Kier alpha value is -2.78. The van der Waals surface area contributed by atoms with Crippen LogP contribution in [0.3, 0.4) is 0 Å². The standard InChI is InChI=1S/C20H19N5O2S2/c26-17(5-6-18-23-24-19(27-18)13-7-10-28-12-13)21-14-3-4-15-16(11-14)29-20(22-15)25-8-1-2-9-25/h3-4,7,10-12H,1-2,5-6,8-9H2,(H,21,26). The van der Waals surface area contributed by atoms with E-state index in [1.54, 1.807) is 22.7 Å². The lowest BCUT2D eigenvalue weighted by atomic mass is 10.2. The number of nitrogens with one attached hydrogen (secondary N) is 1. The predicted molar refractivity (Wildman–Crippen MR) is 116 cm³/mol. The Morgan fingerprint density at radius 1 is 1.21 bits per heavy atom. The molecular weight excluding hydrogens is 406 g/mol. The van der Waals surface area contributed by atoms with Crippen LogP contribution in [0, 0.1) is 0 Å². The third kappa shape index (κ3) is 4.01. The zero-order chi connectivity index (χ0) is 19.6. The summed E-state index contributed by atoms with van der Waals surface area (Å²) in [6.07, 6.45) is 3.15. The monoisotopic (exact) mass is 425 g/mol. The van der Waals surface area contributed by atoms with Crippen LogP contribution in [0.1, 0.15) is 25.2 Å². The molecule has 1 N–H and O–H groups in total. The molecule has 4 aromatic rings. The first-order chi connectivity index (χ1) is 14.2. The second kappa shape index (κ2) is 7.92. The van der Waals surface area contributed by atoms with Crippen molar-refractivity contribution in [1.82, 2.24) is 15.2 Å². The molecule has 1 fully saturated rings. The molecule has 1 aliphatic rings. The predicted octanol–water partition coefficient (Wildman–Crippen LogP) is 4.58. The topological polar surface area (TPSA) is 84.1 Å². The molecule has 0 saturated carbocycles. The molecule has 0 atom stereocenters. The van der Waals surface area contributed by atoms with Crippen molar-refractivity contribution in [2.24, 2.45) is 0 Å². The van der Waals surface area contributed by atoms with Gasteiger partial charge in [-0.15, -0.1) is 10.2 Å². The number of aryl methyl sites for hydroxylation is 1. The highest BCUT2D eigenvalue weighted by Crippen LogP contribution is 2.32. The van der Waals surface area contributed by atoms with E-state index < -0.39 is 0 Å². The van der Waals surface area contributed by atoms with E-state index in [4.69, 9.17) is 9.40 Å². The molecule has 5 rings (SSSR count). The van der Waals surface area contributed by atoms with Crippen molar-refractivity contribution in [1.29, 1.82) is 0 Å². The van der Waals surface area contributed by atoms with Crippen LogP contribution in [0.15, 0.2) is 39.4 Å². The van der Waals surface area contributed by atoms with E-state index in [1.807, 2.05) is 35.0 Å². The van der Waals surface area contributed by atoms with Crippen molar-refractivity contribution >= 4 is 49.6 Å². The molecule has 3 aromatic heterocycles. The second-order valence-electron chi connectivity index (χ2n) is 6.93. The number of fused-ring (bicyclic) bond motifs is 1. The highest BCUT2D eigenvalue weighted by atomic mass is 32.1. The molecule has 0 spiro atoms. The summed E-state index contributed by atoms with van der Waals surface area (Å²) >= 11 is 3.25. The van der Waals surface area contributed by atoms with E-state index in [1.165, 1.54) is 12.8 Å². The van der Waals surface area contributed by atoms with Gasteiger partial charge in [0.1, 0.15) is 0 Å². The van der Waals surface area contributed by atoms with Crippen LogP contribution in [0.5, 0.6) is 0 Å². The van der Waals surface area contributed by atoms with Crippen molar-refractivity contribution in [2.75, 3.05) is 23.3 Å². The molecule has 4 heterocycles. The van der Waals surface area contributed by atoms with Gasteiger partial charge in [0.2, 0.25) is 17.7 Å². The van der Waals surface area contributed by atoms with Crippen LogP contribution in [0.25, 0.3) is 21.7 Å². The molecule has 148 valence electrons. The minimum atomic E-state index is -0.0797. The van der Waals surface area contributed by atoms with Crippen LogP contribution < -0.4 is 10.2 Å². The van der Waals surface area contributed by atoms with E-state index in [0.29, 0.717) is 18.2 Å². The largest absolute Gasteiger partial charge is 0.421 e. The summed E-state index contributed by atoms with van der Waals surface area (Å²) in [4.78, 5) is 19.4. The summed E-state index contributed by atoms with van der Waals surface area (Å²) < 4.78 is 6.72. The van der Waals surface area contributed by atoms with E-state index >= 15 is 0 Å². The molecule has 29 heavy (non-hydrogen) atoms. The van der Waals surface area contributed by atoms with Crippen LogP contribution in [-0.2, 0) is 11.2 Å². The number of carbonyl (C=O) groups excluding carboxylic acids is 1. The van der Waals surface area contributed by atoms with Gasteiger partial charge in [-0.05, 0) is 42.5 Å². The molecule has 0 bridgehead atoms. The summed E-state index contributed by atoms with van der Waals surface area (Å²) in [5, 5.41) is 16.0. The van der Waals surface area contributed by atoms with Gasteiger partial charge in [0.25, 0.3) is 0 Å².